The van der Waals surface area contributed by atoms with Crippen molar-refractivity contribution in [3.63, 3.8) is 0 Å². The van der Waals surface area contributed by atoms with Gasteiger partial charge in [0, 0.05) is 0 Å². The average Bonchev–Trinajstić information content (AvgIpc) is 2.21. The minimum Gasteiger partial charge on any atom is -0.283 e. The van der Waals surface area contributed by atoms with Crippen LogP contribution in [0.1, 0.15) is 19.8 Å². The number of rotatable bonds is 0. The third-order valence-electron chi connectivity index (χ3n) is 3.81. The molecule has 1 N–H and O–H groups in total. The predicted octanol–water partition coefficient (Wildman–Crippen LogP) is 1.21. The SMILES string of the molecule is CC12CC3CC1C2C3=[OH+]. The topological polar surface area (TPSA) is 21.4 Å². The molecule has 48 valence electrons. The molecule has 4 unspecified atom stereocenters. The molecule has 4 atom stereocenters. The molecule has 0 heterocycles. The van der Waals surface area contributed by atoms with Crippen LogP contribution in [0.15, 0.2) is 0 Å². The zero-order chi connectivity index (χ0) is 6.22. The Morgan fingerprint density at radius 3 is 2.56 bits per heavy atom. The van der Waals surface area contributed by atoms with Crippen molar-refractivity contribution in [2.24, 2.45) is 23.2 Å². The van der Waals surface area contributed by atoms with Gasteiger partial charge in [-0.1, -0.05) is 6.92 Å². The molecule has 0 spiro atoms. The van der Waals surface area contributed by atoms with Crippen LogP contribution in [0.25, 0.3) is 0 Å². The van der Waals surface area contributed by atoms with Gasteiger partial charge >= 0.3 is 0 Å². The second-order valence-corrected chi connectivity index (χ2v) is 4.15. The summed E-state index contributed by atoms with van der Waals surface area (Å²) in [5, 5.41) is 0. The minimum atomic E-state index is 0.578. The van der Waals surface area contributed by atoms with Crippen molar-refractivity contribution in [2.45, 2.75) is 19.8 Å². The van der Waals surface area contributed by atoms with Gasteiger partial charge in [0.15, 0.2) is 0 Å². The molecule has 4 aliphatic carbocycles. The standard InChI is InChI=1S/C8H10O/c1-8-3-4-2-5(8)6(8)7(4)9/h4-6H,2-3H2,1H3/p+1. The third kappa shape index (κ3) is 0.262. The highest BCUT2D eigenvalue weighted by Gasteiger charge is 2.80. The molecule has 0 amide bonds. The van der Waals surface area contributed by atoms with E-state index in [1.165, 1.54) is 12.8 Å². The van der Waals surface area contributed by atoms with Crippen molar-refractivity contribution in [3.8, 4) is 0 Å². The van der Waals surface area contributed by atoms with Crippen LogP contribution in [0, 0.1) is 23.2 Å². The zero-order valence-electron chi connectivity index (χ0n) is 5.59. The van der Waals surface area contributed by atoms with Gasteiger partial charge in [-0.15, -0.1) is 0 Å². The number of ketones is 1. The van der Waals surface area contributed by atoms with Crippen molar-refractivity contribution in [2.75, 3.05) is 0 Å². The maximum Gasteiger partial charge on any atom is 0.299 e. The fourth-order valence-electron chi connectivity index (χ4n) is 3.29. The highest BCUT2D eigenvalue weighted by atomic mass is 16.1. The Labute approximate surface area is 54.4 Å². The van der Waals surface area contributed by atoms with Gasteiger partial charge in [0.2, 0.25) is 0 Å². The monoisotopic (exact) mass is 123 g/mol. The molecule has 4 rings (SSSR count). The van der Waals surface area contributed by atoms with Gasteiger partial charge in [-0.25, -0.2) is 0 Å². The second kappa shape index (κ2) is 0.882. The molecule has 4 bridgehead atoms. The molecule has 0 aromatic rings. The smallest absolute Gasteiger partial charge is 0.283 e. The molecule has 0 saturated heterocycles. The quantitative estimate of drug-likeness (QED) is 0.432. The Balaban J connectivity index is 2.20. The van der Waals surface area contributed by atoms with E-state index >= 15 is 0 Å². The van der Waals surface area contributed by atoms with Crippen molar-refractivity contribution in [1.29, 1.82) is 0 Å². The third-order valence-corrected chi connectivity index (χ3v) is 3.81. The first-order chi connectivity index (χ1) is 4.23. The predicted molar refractivity (Wildman–Crippen MR) is 34.8 cm³/mol. The first-order valence-corrected chi connectivity index (χ1v) is 3.79. The molecule has 0 aliphatic heterocycles. The fourth-order valence-corrected chi connectivity index (χ4v) is 3.29. The molecular formula is C8H11O+. The Bertz CT molecular complexity index is 209. The molecule has 4 fully saturated rings. The molecule has 9 heavy (non-hydrogen) atoms. The summed E-state index contributed by atoms with van der Waals surface area (Å²) < 4.78 is 0. The van der Waals surface area contributed by atoms with Crippen LogP contribution in [0.2, 0.25) is 0 Å². The van der Waals surface area contributed by atoms with Gasteiger partial charge in [-0.05, 0) is 24.2 Å². The van der Waals surface area contributed by atoms with Gasteiger partial charge in [0.1, 0.15) is 0 Å². The van der Waals surface area contributed by atoms with Crippen LogP contribution in [-0.2, 0) is 0 Å². The van der Waals surface area contributed by atoms with Gasteiger partial charge < -0.3 is 0 Å². The molecular weight excluding hydrogens is 112 g/mol. The lowest BCUT2D eigenvalue weighted by molar-refractivity contribution is 0.538. The second-order valence-electron chi connectivity index (χ2n) is 4.15. The van der Waals surface area contributed by atoms with Gasteiger partial charge in [-0.2, -0.15) is 0 Å². The molecule has 4 saturated carbocycles. The summed E-state index contributed by atoms with van der Waals surface area (Å²) in [6.07, 6.45) is 2.58. The number of carbonyl (C=O) groups excluding carboxylic acids is 1. The van der Waals surface area contributed by atoms with Crippen molar-refractivity contribution in [3.05, 3.63) is 0 Å². The van der Waals surface area contributed by atoms with E-state index in [-0.39, 0.29) is 0 Å². The first-order valence-electron chi connectivity index (χ1n) is 3.79. The summed E-state index contributed by atoms with van der Waals surface area (Å²) in [5.74, 6) is 3.00. The summed E-state index contributed by atoms with van der Waals surface area (Å²) in [6.45, 7) is 2.32. The van der Waals surface area contributed by atoms with E-state index in [1.54, 1.807) is 0 Å². The first kappa shape index (κ1) is 4.48. The maximum atomic E-state index is 9.43. The Kier molecular flexibility index (Phi) is 0.439. The maximum absolute atomic E-state index is 9.43. The van der Waals surface area contributed by atoms with Crippen LogP contribution in [0.5, 0.6) is 0 Å². The van der Waals surface area contributed by atoms with Crippen molar-refractivity contribution < 1.29 is 4.79 Å². The molecule has 1 nitrogen and oxygen atoms in total. The van der Waals surface area contributed by atoms with E-state index in [9.17, 15) is 4.79 Å². The summed E-state index contributed by atoms with van der Waals surface area (Å²) in [6, 6.07) is 0. The van der Waals surface area contributed by atoms with Gasteiger partial charge in [0.05, 0.1) is 11.8 Å². The molecule has 0 radical (unpaired) electrons. The summed E-state index contributed by atoms with van der Waals surface area (Å²) in [7, 11) is 0. The van der Waals surface area contributed by atoms with E-state index < -0.39 is 0 Å². The lowest BCUT2D eigenvalue weighted by Crippen LogP contribution is -2.01. The molecule has 4 aliphatic rings. The van der Waals surface area contributed by atoms with Crippen molar-refractivity contribution >= 4 is 5.78 Å². The van der Waals surface area contributed by atoms with E-state index in [0.29, 0.717) is 17.3 Å². The van der Waals surface area contributed by atoms with Crippen LogP contribution >= 0.6 is 0 Å². The van der Waals surface area contributed by atoms with Crippen LogP contribution in [-0.4, -0.2) is 10.6 Å². The number of hydrogen-bond donors (Lipinski definition) is 0. The lowest BCUT2D eigenvalue weighted by Gasteiger charge is -1.93. The Morgan fingerprint density at radius 2 is 2.44 bits per heavy atom. The zero-order valence-corrected chi connectivity index (χ0v) is 5.59. The van der Waals surface area contributed by atoms with Gasteiger partial charge in [0.25, 0.3) is 5.78 Å². The van der Waals surface area contributed by atoms with Crippen LogP contribution < -0.4 is 0 Å². The highest BCUT2D eigenvalue weighted by molar-refractivity contribution is 5.94. The lowest BCUT2D eigenvalue weighted by atomic mass is 10.1. The van der Waals surface area contributed by atoms with E-state index in [1.807, 2.05) is 0 Å². The largest absolute Gasteiger partial charge is 0.299 e. The van der Waals surface area contributed by atoms with E-state index in [4.69, 9.17) is 0 Å². The molecule has 1 heteroatoms. The average molecular weight is 123 g/mol. The fraction of sp³-hybridized carbons (Fsp3) is 0.875. The van der Waals surface area contributed by atoms with E-state index in [2.05, 4.69) is 6.92 Å². The molecule has 0 aromatic carbocycles. The minimum absolute atomic E-state index is 0.578. The molecule has 0 aromatic heterocycles. The highest BCUT2D eigenvalue weighted by Crippen LogP contribution is 2.76. The van der Waals surface area contributed by atoms with E-state index in [0.717, 1.165) is 11.7 Å². The van der Waals surface area contributed by atoms with Crippen LogP contribution in [0.4, 0.5) is 0 Å². The number of hydrogen-bond acceptors (Lipinski definition) is 0. The van der Waals surface area contributed by atoms with Gasteiger partial charge in [-0.3, -0.25) is 4.79 Å². The summed E-state index contributed by atoms with van der Waals surface area (Å²) >= 11 is 0. The normalized spacial score (nSPS) is 67.2. The van der Waals surface area contributed by atoms with Crippen LogP contribution in [0.3, 0.4) is 0 Å². The van der Waals surface area contributed by atoms with Crippen molar-refractivity contribution in [1.82, 2.24) is 0 Å². The Morgan fingerprint density at radius 1 is 1.67 bits per heavy atom. The summed E-state index contributed by atoms with van der Waals surface area (Å²) in [5.41, 5.74) is 0.578. The Hall–Kier alpha value is -0.330. The summed E-state index contributed by atoms with van der Waals surface area (Å²) in [4.78, 5) is 9.43.